The lowest BCUT2D eigenvalue weighted by atomic mass is 10.1. The zero-order valence-electron chi connectivity index (χ0n) is 6.99. The Morgan fingerprint density at radius 3 is 2.77 bits per heavy atom. The summed E-state index contributed by atoms with van der Waals surface area (Å²) in [5.41, 5.74) is 6.95. The van der Waals surface area contributed by atoms with E-state index in [1.54, 1.807) is 0 Å². The van der Waals surface area contributed by atoms with E-state index < -0.39 is 9.84 Å². The maximum Gasteiger partial charge on any atom is 0.225 e. The zero-order chi connectivity index (χ0) is 9.47. The Morgan fingerprint density at radius 1 is 1.31 bits per heavy atom. The molecule has 0 unspecified atom stereocenters. The number of aryl methyl sites for hydroxylation is 1. The van der Waals surface area contributed by atoms with Crippen molar-refractivity contribution in [3.63, 3.8) is 0 Å². The summed E-state index contributed by atoms with van der Waals surface area (Å²) in [6.07, 6.45) is 0.839. The van der Waals surface area contributed by atoms with Crippen LogP contribution in [0.3, 0.4) is 0 Å². The molecular formula is C7H10N2O3S. The van der Waals surface area contributed by atoms with Crippen LogP contribution in [0.25, 0.3) is 0 Å². The molecule has 0 saturated heterocycles. The maximum absolute atomic E-state index is 11.2. The lowest BCUT2D eigenvalue weighted by molar-refractivity contribution is 0.428. The largest absolute Gasteiger partial charge is 0.367 e. The molecule has 13 heavy (non-hydrogen) atoms. The normalized spacial score (nSPS) is 20.6. The molecule has 1 aromatic rings. The van der Waals surface area contributed by atoms with Gasteiger partial charge in [-0.05, 0) is 6.42 Å². The SMILES string of the molecule is Nc1onc2c1CCS(=O)(=O)CC2. The fourth-order valence-electron chi connectivity index (χ4n) is 1.43. The molecule has 0 aromatic carbocycles. The van der Waals surface area contributed by atoms with Crippen molar-refractivity contribution in [2.24, 2.45) is 0 Å². The molecule has 0 aliphatic carbocycles. The number of nitrogens with two attached hydrogens (primary N) is 1. The van der Waals surface area contributed by atoms with E-state index in [2.05, 4.69) is 5.16 Å². The smallest absolute Gasteiger partial charge is 0.225 e. The van der Waals surface area contributed by atoms with E-state index in [4.69, 9.17) is 10.3 Å². The van der Waals surface area contributed by atoms with Crippen LogP contribution < -0.4 is 5.73 Å². The van der Waals surface area contributed by atoms with Crippen LogP contribution in [0.5, 0.6) is 0 Å². The van der Waals surface area contributed by atoms with Crippen LogP contribution in [0.4, 0.5) is 5.88 Å². The van der Waals surface area contributed by atoms with Gasteiger partial charge in [0.1, 0.15) is 0 Å². The van der Waals surface area contributed by atoms with Crippen molar-refractivity contribution in [2.45, 2.75) is 12.8 Å². The first-order valence-electron chi connectivity index (χ1n) is 4.02. The highest BCUT2D eigenvalue weighted by molar-refractivity contribution is 7.91. The van der Waals surface area contributed by atoms with Crippen molar-refractivity contribution in [3.8, 4) is 0 Å². The van der Waals surface area contributed by atoms with E-state index in [0.717, 1.165) is 5.56 Å². The Balaban J connectivity index is 2.38. The fourth-order valence-corrected chi connectivity index (χ4v) is 2.66. The van der Waals surface area contributed by atoms with Gasteiger partial charge < -0.3 is 10.3 Å². The third-order valence-electron chi connectivity index (χ3n) is 2.21. The van der Waals surface area contributed by atoms with Gasteiger partial charge in [0.15, 0.2) is 9.84 Å². The summed E-state index contributed by atoms with van der Waals surface area (Å²) < 4.78 is 27.3. The monoisotopic (exact) mass is 202 g/mol. The minimum atomic E-state index is -2.91. The molecule has 0 amide bonds. The van der Waals surface area contributed by atoms with Gasteiger partial charge in [-0.1, -0.05) is 5.16 Å². The third kappa shape index (κ3) is 1.53. The second-order valence-electron chi connectivity index (χ2n) is 3.12. The average molecular weight is 202 g/mol. The molecule has 1 aliphatic heterocycles. The molecule has 2 heterocycles. The summed E-state index contributed by atoms with van der Waals surface area (Å²) in [6, 6.07) is 0. The van der Waals surface area contributed by atoms with E-state index in [0.29, 0.717) is 18.5 Å². The predicted molar refractivity (Wildman–Crippen MR) is 47.0 cm³/mol. The molecule has 2 N–H and O–H groups in total. The molecule has 0 radical (unpaired) electrons. The van der Waals surface area contributed by atoms with E-state index in [9.17, 15) is 8.42 Å². The molecule has 0 atom stereocenters. The van der Waals surface area contributed by atoms with Crippen LogP contribution in [0.1, 0.15) is 11.3 Å². The summed E-state index contributed by atoms with van der Waals surface area (Å²) in [4.78, 5) is 0. The standard InChI is InChI=1S/C7H10N2O3S/c8-7-5-1-3-13(10,11)4-2-6(5)9-12-7/h1-4,8H2. The van der Waals surface area contributed by atoms with Crippen LogP contribution in [-0.2, 0) is 22.7 Å². The highest BCUT2D eigenvalue weighted by Gasteiger charge is 2.23. The quantitative estimate of drug-likeness (QED) is 0.628. The first-order valence-corrected chi connectivity index (χ1v) is 5.84. The number of sulfone groups is 1. The van der Waals surface area contributed by atoms with Crippen molar-refractivity contribution in [3.05, 3.63) is 11.3 Å². The molecule has 72 valence electrons. The lowest BCUT2D eigenvalue weighted by Gasteiger charge is -1.95. The van der Waals surface area contributed by atoms with Crippen LogP contribution in [0.2, 0.25) is 0 Å². The van der Waals surface area contributed by atoms with Crippen LogP contribution in [0, 0.1) is 0 Å². The van der Waals surface area contributed by atoms with Gasteiger partial charge in [0.2, 0.25) is 5.88 Å². The molecule has 0 spiro atoms. The van der Waals surface area contributed by atoms with Gasteiger partial charge >= 0.3 is 0 Å². The number of anilines is 1. The number of rotatable bonds is 0. The Kier molecular flexibility index (Phi) is 1.80. The Hall–Kier alpha value is -1.04. The molecule has 5 nitrogen and oxygen atoms in total. The van der Waals surface area contributed by atoms with Crippen molar-refractivity contribution < 1.29 is 12.9 Å². The van der Waals surface area contributed by atoms with E-state index >= 15 is 0 Å². The summed E-state index contributed by atoms with van der Waals surface area (Å²) >= 11 is 0. The number of nitrogens with zero attached hydrogens (tertiary/aromatic N) is 1. The van der Waals surface area contributed by atoms with E-state index in [-0.39, 0.29) is 17.4 Å². The second kappa shape index (κ2) is 2.73. The minimum absolute atomic E-state index is 0.144. The number of nitrogen functional groups attached to an aromatic ring is 1. The zero-order valence-corrected chi connectivity index (χ0v) is 7.80. The maximum atomic E-state index is 11.2. The van der Waals surface area contributed by atoms with Gasteiger partial charge in [-0.3, -0.25) is 0 Å². The first kappa shape index (κ1) is 8.55. The van der Waals surface area contributed by atoms with Crippen LogP contribution in [-0.4, -0.2) is 25.1 Å². The molecule has 2 rings (SSSR count). The van der Waals surface area contributed by atoms with E-state index in [1.807, 2.05) is 0 Å². The summed E-state index contributed by atoms with van der Waals surface area (Å²) in [6.45, 7) is 0. The number of aromatic nitrogens is 1. The Labute approximate surface area is 75.8 Å². The fraction of sp³-hybridized carbons (Fsp3) is 0.571. The topological polar surface area (TPSA) is 86.2 Å². The summed E-state index contributed by atoms with van der Waals surface area (Å²) in [5, 5.41) is 3.72. The molecule has 0 fully saturated rings. The van der Waals surface area contributed by atoms with Crippen LogP contribution in [0.15, 0.2) is 4.52 Å². The van der Waals surface area contributed by atoms with Gasteiger partial charge in [-0.25, -0.2) is 8.42 Å². The molecular weight excluding hydrogens is 192 g/mol. The molecule has 6 heteroatoms. The molecule has 0 bridgehead atoms. The van der Waals surface area contributed by atoms with Crippen LogP contribution >= 0.6 is 0 Å². The van der Waals surface area contributed by atoms with Gasteiger partial charge in [0.05, 0.1) is 17.2 Å². The van der Waals surface area contributed by atoms with Gasteiger partial charge in [0.25, 0.3) is 0 Å². The summed E-state index contributed by atoms with van der Waals surface area (Å²) in [5.74, 6) is 0.546. The average Bonchev–Trinajstić information content (AvgIpc) is 2.32. The number of hydrogen-bond acceptors (Lipinski definition) is 5. The second-order valence-corrected chi connectivity index (χ2v) is 5.43. The van der Waals surface area contributed by atoms with Gasteiger partial charge in [-0.2, -0.15) is 0 Å². The first-order chi connectivity index (χ1) is 6.08. The van der Waals surface area contributed by atoms with Crippen molar-refractivity contribution in [2.75, 3.05) is 17.2 Å². The van der Waals surface area contributed by atoms with E-state index in [1.165, 1.54) is 0 Å². The molecule has 1 aromatic heterocycles. The molecule has 0 saturated carbocycles. The van der Waals surface area contributed by atoms with Crippen molar-refractivity contribution in [1.82, 2.24) is 5.16 Å². The lowest BCUT2D eigenvalue weighted by Crippen LogP contribution is -2.11. The minimum Gasteiger partial charge on any atom is -0.367 e. The van der Waals surface area contributed by atoms with Crippen molar-refractivity contribution in [1.29, 1.82) is 0 Å². The predicted octanol–water partition coefficient (Wildman–Crippen LogP) is -0.230. The summed E-state index contributed by atoms with van der Waals surface area (Å²) in [7, 11) is -2.91. The Bertz CT molecular complexity index is 421. The third-order valence-corrected chi connectivity index (χ3v) is 3.87. The van der Waals surface area contributed by atoms with Gasteiger partial charge in [-0.15, -0.1) is 0 Å². The highest BCUT2D eigenvalue weighted by atomic mass is 32.2. The highest BCUT2D eigenvalue weighted by Crippen LogP contribution is 2.21. The Morgan fingerprint density at radius 2 is 2.00 bits per heavy atom. The number of fused-ring (bicyclic) bond motifs is 1. The van der Waals surface area contributed by atoms with Crippen molar-refractivity contribution >= 4 is 15.7 Å². The molecule has 1 aliphatic rings. The van der Waals surface area contributed by atoms with Gasteiger partial charge in [0, 0.05) is 12.0 Å². The number of hydrogen-bond donors (Lipinski definition) is 1.